The molecule has 0 saturated heterocycles. The molecule has 0 atom stereocenters. The van der Waals surface area contributed by atoms with Gasteiger partial charge in [0.2, 0.25) is 0 Å². The van der Waals surface area contributed by atoms with E-state index in [1.807, 2.05) is 24.5 Å². The normalized spacial score (nSPS) is 10.7. The molecule has 2 aromatic rings. The number of halogens is 1. The second kappa shape index (κ2) is 5.93. The van der Waals surface area contributed by atoms with Crippen LogP contribution in [0.25, 0.3) is 5.82 Å². The molecule has 0 aliphatic rings. The van der Waals surface area contributed by atoms with Gasteiger partial charge in [0.1, 0.15) is 0 Å². The van der Waals surface area contributed by atoms with Crippen molar-refractivity contribution in [1.82, 2.24) is 20.1 Å². The summed E-state index contributed by atoms with van der Waals surface area (Å²) in [6.07, 6.45) is 6.60. The SMILES string of the molecule is CCCNCc1ccnc(-n2cc(Br)cn2)c1. The van der Waals surface area contributed by atoms with E-state index in [2.05, 4.69) is 38.3 Å². The van der Waals surface area contributed by atoms with Crippen LogP contribution in [0.3, 0.4) is 0 Å². The minimum absolute atomic E-state index is 0.839. The molecule has 0 aliphatic heterocycles. The number of hydrogen-bond acceptors (Lipinski definition) is 3. The van der Waals surface area contributed by atoms with Crippen LogP contribution >= 0.6 is 15.9 Å². The van der Waals surface area contributed by atoms with Gasteiger partial charge < -0.3 is 5.32 Å². The van der Waals surface area contributed by atoms with Crippen molar-refractivity contribution in [2.75, 3.05) is 6.54 Å². The van der Waals surface area contributed by atoms with Crippen LogP contribution in [0, 0.1) is 0 Å². The van der Waals surface area contributed by atoms with Crippen molar-refractivity contribution in [3.8, 4) is 5.82 Å². The van der Waals surface area contributed by atoms with Crippen molar-refractivity contribution in [3.63, 3.8) is 0 Å². The molecular formula is C12H15BrN4. The first-order valence-corrected chi connectivity index (χ1v) is 6.45. The van der Waals surface area contributed by atoms with Gasteiger partial charge in [-0.1, -0.05) is 6.92 Å². The summed E-state index contributed by atoms with van der Waals surface area (Å²) in [5.74, 6) is 0.839. The fourth-order valence-electron chi connectivity index (χ4n) is 1.53. The van der Waals surface area contributed by atoms with Crippen LogP contribution in [-0.2, 0) is 6.54 Å². The summed E-state index contributed by atoms with van der Waals surface area (Å²) in [5, 5.41) is 7.58. The number of nitrogens with one attached hydrogen (secondary N) is 1. The van der Waals surface area contributed by atoms with E-state index >= 15 is 0 Å². The molecule has 5 heteroatoms. The maximum Gasteiger partial charge on any atom is 0.153 e. The largest absolute Gasteiger partial charge is 0.313 e. The van der Waals surface area contributed by atoms with Gasteiger partial charge in [0.15, 0.2) is 5.82 Å². The lowest BCUT2D eigenvalue weighted by Crippen LogP contribution is -2.14. The Morgan fingerprint density at radius 3 is 3.06 bits per heavy atom. The lowest BCUT2D eigenvalue weighted by Gasteiger charge is -2.05. The van der Waals surface area contributed by atoms with Crippen molar-refractivity contribution in [1.29, 1.82) is 0 Å². The van der Waals surface area contributed by atoms with E-state index < -0.39 is 0 Å². The molecule has 0 amide bonds. The molecule has 0 unspecified atom stereocenters. The van der Waals surface area contributed by atoms with Crippen LogP contribution < -0.4 is 5.32 Å². The molecule has 2 rings (SSSR count). The number of aromatic nitrogens is 3. The first kappa shape index (κ1) is 12.3. The average molecular weight is 295 g/mol. The van der Waals surface area contributed by atoms with Crippen LogP contribution in [0.4, 0.5) is 0 Å². The molecule has 0 aliphatic carbocycles. The zero-order valence-electron chi connectivity index (χ0n) is 9.73. The van der Waals surface area contributed by atoms with Crippen LogP contribution in [-0.4, -0.2) is 21.3 Å². The zero-order valence-corrected chi connectivity index (χ0v) is 11.3. The van der Waals surface area contributed by atoms with E-state index in [9.17, 15) is 0 Å². The average Bonchev–Trinajstić information content (AvgIpc) is 2.77. The molecule has 0 spiro atoms. The van der Waals surface area contributed by atoms with Crippen molar-refractivity contribution in [3.05, 3.63) is 40.8 Å². The summed E-state index contributed by atoms with van der Waals surface area (Å²) in [4.78, 5) is 4.30. The Bertz CT molecular complexity index is 481. The van der Waals surface area contributed by atoms with Gasteiger partial charge in [-0.3, -0.25) is 0 Å². The Balaban J connectivity index is 2.11. The van der Waals surface area contributed by atoms with Gasteiger partial charge in [-0.25, -0.2) is 9.67 Å². The monoisotopic (exact) mass is 294 g/mol. The lowest BCUT2D eigenvalue weighted by atomic mass is 10.2. The van der Waals surface area contributed by atoms with Gasteiger partial charge in [-0.2, -0.15) is 5.10 Å². The quantitative estimate of drug-likeness (QED) is 0.862. The number of nitrogens with zero attached hydrogens (tertiary/aromatic N) is 3. The van der Waals surface area contributed by atoms with Gasteiger partial charge in [0.05, 0.1) is 10.7 Å². The second-order valence-electron chi connectivity index (χ2n) is 3.80. The summed E-state index contributed by atoms with van der Waals surface area (Å²) in [6.45, 7) is 4.06. The second-order valence-corrected chi connectivity index (χ2v) is 4.72. The highest BCUT2D eigenvalue weighted by Gasteiger charge is 2.01. The van der Waals surface area contributed by atoms with Gasteiger partial charge in [-0.15, -0.1) is 0 Å². The maximum atomic E-state index is 4.30. The van der Waals surface area contributed by atoms with E-state index in [0.717, 1.165) is 29.8 Å². The Morgan fingerprint density at radius 1 is 1.47 bits per heavy atom. The fourth-order valence-corrected chi connectivity index (χ4v) is 1.82. The van der Waals surface area contributed by atoms with Gasteiger partial charge in [0, 0.05) is 18.9 Å². The minimum atomic E-state index is 0.839. The van der Waals surface area contributed by atoms with Crippen LogP contribution in [0.1, 0.15) is 18.9 Å². The van der Waals surface area contributed by atoms with Crippen LogP contribution in [0.15, 0.2) is 35.2 Å². The first-order valence-electron chi connectivity index (χ1n) is 5.66. The molecule has 17 heavy (non-hydrogen) atoms. The third-order valence-corrected chi connectivity index (χ3v) is 2.76. The summed E-state index contributed by atoms with van der Waals surface area (Å²) in [5.41, 5.74) is 1.22. The maximum absolute atomic E-state index is 4.30. The third-order valence-electron chi connectivity index (χ3n) is 2.35. The van der Waals surface area contributed by atoms with Crippen molar-refractivity contribution >= 4 is 15.9 Å². The molecule has 0 radical (unpaired) electrons. The number of hydrogen-bond donors (Lipinski definition) is 1. The van der Waals surface area contributed by atoms with Crippen molar-refractivity contribution in [2.24, 2.45) is 0 Å². The molecule has 4 nitrogen and oxygen atoms in total. The predicted molar refractivity (Wildman–Crippen MR) is 71.1 cm³/mol. The molecule has 0 saturated carbocycles. The summed E-state index contributed by atoms with van der Waals surface area (Å²) < 4.78 is 2.71. The highest BCUT2D eigenvalue weighted by molar-refractivity contribution is 9.10. The minimum Gasteiger partial charge on any atom is -0.313 e. The van der Waals surface area contributed by atoms with Gasteiger partial charge in [-0.05, 0) is 46.6 Å². The van der Waals surface area contributed by atoms with E-state index in [1.54, 1.807) is 10.9 Å². The smallest absolute Gasteiger partial charge is 0.153 e. The Kier molecular flexibility index (Phi) is 4.28. The highest BCUT2D eigenvalue weighted by Crippen LogP contribution is 2.11. The van der Waals surface area contributed by atoms with E-state index in [-0.39, 0.29) is 0 Å². The molecular weight excluding hydrogens is 280 g/mol. The summed E-state index contributed by atoms with van der Waals surface area (Å²) >= 11 is 3.38. The molecule has 0 bridgehead atoms. The first-order chi connectivity index (χ1) is 8.29. The molecule has 1 N–H and O–H groups in total. The van der Waals surface area contributed by atoms with Gasteiger partial charge >= 0.3 is 0 Å². The van der Waals surface area contributed by atoms with Crippen LogP contribution in [0.5, 0.6) is 0 Å². The predicted octanol–water partition coefficient (Wildman–Crippen LogP) is 2.53. The Labute approximate surface area is 109 Å². The van der Waals surface area contributed by atoms with Crippen molar-refractivity contribution in [2.45, 2.75) is 19.9 Å². The standard InChI is InChI=1S/C12H15BrN4/c1-2-4-14-7-10-3-5-15-12(6-10)17-9-11(13)8-16-17/h3,5-6,8-9,14H,2,4,7H2,1H3. The zero-order chi connectivity index (χ0) is 12.1. The molecule has 0 aromatic carbocycles. The highest BCUT2D eigenvalue weighted by atomic mass is 79.9. The summed E-state index contributed by atoms with van der Waals surface area (Å²) in [7, 11) is 0. The molecule has 2 aromatic heterocycles. The van der Waals surface area contributed by atoms with Gasteiger partial charge in [0.25, 0.3) is 0 Å². The molecule has 90 valence electrons. The van der Waals surface area contributed by atoms with Crippen LogP contribution in [0.2, 0.25) is 0 Å². The Hall–Kier alpha value is -1.20. The Morgan fingerprint density at radius 2 is 2.35 bits per heavy atom. The van der Waals surface area contributed by atoms with E-state index in [0.29, 0.717) is 0 Å². The molecule has 2 heterocycles. The summed E-state index contributed by atoms with van der Waals surface area (Å²) in [6, 6.07) is 4.06. The lowest BCUT2D eigenvalue weighted by molar-refractivity contribution is 0.673. The number of pyridine rings is 1. The van der Waals surface area contributed by atoms with E-state index in [1.165, 1.54) is 5.56 Å². The van der Waals surface area contributed by atoms with Crippen molar-refractivity contribution < 1.29 is 0 Å². The third kappa shape index (κ3) is 3.38. The topological polar surface area (TPSA) is 42.7 Å². The van der Waals surface area contributed by atoms with E-state index in [4.69, 9.17) is 0 Å². The number of rotatable bonds is 5. The fraction of sp³-hybridized carbons (Fsp3) is 0.333. The molecule has 0 fully saturated rings.